The lowest BCUT2D eigenvalue weighted by Gasteiger charge is -2.16. The molecule has 8 nitrogen and oxygen atoms in total. The van der Waals surface area contributed by atoms with Gasteiger partial charge in [0, 0.05) is 36.3 Å². The van der Waals surface area contributed by atoms with E-state index in [0.29, 0.717) is 24.2 Å². The van der Waals surface area contributed by atoms with Gasteiger partial charge in [-0.3, -0.25) is 4.79 Å². The first-order valence-corrected chi connectivity index (χ1v) is 8.29. The summed E-state index contributed by atoms with van der Waals surface area (Å²) in [4.78, 5) is 18.2. The Balaban J connectivity index is 1.80. The van der Waals surface area contributed by atoms with Crippen molar-refractivity contribution in [3.05, 3.63) is 42.4 Å². The second-order valence-corrected chi connectivity index (χ2v) is 6.13. The van der Waals surface area contributed by atoms with E-state index in [2.05, 4.69) is 22.2 Å². The number of methoxy groups -OCH3 is 1. The fourth-order valence-electron chi connectivity index (χ4n) is 3.28. The van der Waals surface area contributed by atoms with E-state index in [1.54, 1.807) is 33.9 Å². The van der Waals surface area contributed by atoms with Crippen molar-refractivity contribution in [2.75, 3.05) is 18.6 Å². The Hall–Kier alpha value is -3.91. The van der Waals surface area contributed by atoms with E-state index in [1.807, 2.05) is 12.3 Å². The van der Waals surface area contributed by atoms with Gasteiger partial charge in [-0.05, 0) is 24.6 Å². The van der Waals surface area contributed by atoms with Crippen LogP contribution in [0.1, 0.15) is 12.0 Å². The Bertz CT molecular complexity index is 1140. The summed E-state index contributed by atoms with van der Waals surface area (Å²) < 4.78 is 6.76. The maximum atomic E-state index is 12.4. The number of pyridine rings is 1. The predicted octanol–water partition coefficient (Wildman–Crippen LogP) is 2.15. The number of carbonyl (C=O) groups is 1. The molecule has 1 saturated heterocycles. The van der Waals surface area contributed by atoms with Gasteiger partial charge < -0.3 is 9.64 Å². The molecule has 1 fully saturated rings. The van der Waals surface area contributed by atoms with Crippen LogP contribution in [0.4, 0.5) is 5.69 Å². The quantitative estimate of drug-likeness (QED) is 0.710. The molecule has 0 N–H and O–H groups in total. The molecule has 3 aromatic rings. The molecule has 0 radical (unpaired) electrons. The average Bonchev–Trinajstić information content (AvgIpc) is 3.30. The highest BCUT2D eigenvalue weighted by molar-refractivity contribution is 6.02. The minimum absolute atomic E-state index is 0.189. The number of hydrogen-bond donors (Lipinski definition) is 0. The van der Waals surface area contributed by atoms with Crippen molar-refractivity contribution in [2.24, 2.45) is 5.92 Å². The van der Waals surface area contributed by atoms with E-state index in [0.717, 1.165) is 16.6 Å². The lowest BCUT2D eigenvalue weighted by atomic mass is 10.1. The summed E-state index contributed by atoms with van der Waals surface area (Å²) in [5.41, 5.74) is 3.34. The second-order valence-electron chi connectivity index (χ2n) is 6.13. The van der Waals surface area contributed by atoms with Crippen LogP contribution in [0.25, 0.3) is 16.6 Å². The largest absolute Gasteiger partial charge is 0.480 e. The normalized spacial score (nSPS) is 16.3. The number of fused-ring (bicyclic) bond motifs is 1. The zero-order valence-electron chi connectivity index (χ0n) is 14.5. The van der Waals surface area contributed by atoms with Gasteiger partial charge in [0.15, 0.2) is 0 Å². The van der Waals surface area contributed by atoms with Crippen molar-refractivity contribution < 1.29 is 9.53 Å². The number of carbonyl (C=O) groups excluding carboxylic acids is 1. The zero-order valence-corrected chi connectivity index (χ0v) is 14.5. The number of nitriles is 2. The lowest BCUT2D eigenvalue weighted by molar-refractivity contribution is -0.118. The Morgan fingerprint density at radius 1 is 1.30 bits per heavy atom. The SMILES string of the molecule is COc1ncc(-c2cc3c(N4CCC(C#N)C4=O)ccnn3c2)cc1C#N. The molecule has 8 heteroatoms. The molecule has 132 valence electrons. The van der Waals surface area contributed by atoms with Crippen LogP contribution in [0.3, 0.4) is 0 Å². The molecule has 0 bridgehead atoms. The fraction of sp³-hybridized carbons (Fsp3) is 0.211. The summed E-state index contributed by atoms with van der Waals surface area (Å²) in [6, 6.07) is 9.48. The minimum atomic E-state index is -0.600. The third-order valence-electron chi connectivity index (χ3n) is 4.64. The van der Waals surface area contributed by atoms with Crippen LogP contribution < -0.4 is 9.64 Å². The maximum absolute atomic E-state index is 12.4. The van der Waals surface area contributed by atoms with E-state index in [1.165, 1.54) is 7.11 Å². The van der Waals surface area contributed by atoms with Crippen LogP contribution in [-0.4, -0.2) is 34.2 Å². The molecular weight excluding hydrogens is 344 g/mol. The fourth-order valence-corrected chi connectivity index (χ4v) is 3.28. The molecule has 0 saturated carbocycles. The molecule has 27 heavy (non-hydrogen) atoms. The van der Waals surface area contributed by atoms with E-state index in [4.69, 9.17) is 10.00 Å². The van der Waals surface area contributed by atoms with Gasteiger partial charge in [0.1, 0.15) is 17.6 Å². The number of rotatable bonds is 3. The molecule has 3 aromatic heterocycles. The summed E-state index contributed by atoms with van der Waals surface area (Å²) in [6.45, 7) is 0.500. The van der Waals surface area contributed by atoms with Gasteiger partial charge >= 0.3 is 0 Å². The second kappa shape index (κ2) is 6.43. The first-order valence-electron chi connectivity index (χ1n) is 8.29. The van der Waals surface area contributed by atoms with Gasteiger partial charge in [0.05, 0.1) is 24.4 Å². The molecule has 0 aromatic carbocycles. The summed E-state index contributed by atoms with van der Waals surface area (Å²) in [5, 5.41) is 22.7. The highest BCUT2D eigenvalue weighted by Crippen LogP contribution is 2.32. The highest BCUT2D eigenvalue weighted by Gasteiger charge is 2.33. The number of hydrogen-bond acceptors (Lipinski definition) is 6. The number of aromatic nitrogens is 3. The van der Waals surface area contributed by atoms with E-state index in [-0.39, 0.29) is 11.8 Å². The van der Waals surface area contributed by atoms with Crippen LogP contribution in [0.15, 0.2) is 36.8 Å². The first-order chi connectivity index (χ1) is 13.2. The maximum Gasteiger partial charge on any atom is 0.244 e. The number of nitrogens with zero attached hydrogens (tertiary/aromatic N) is 6. The highest BCUT2D eigenvalue weighted by atomic mass is 16.5. The molecule has 1 aliphatic heterocycles. The van der Waals surface area contributed by atoms with Gasteiger partial charge in [0.2, 0.25) is 11.8 Å². The van der Waals surface area contributed by atoms with Gasteiger partial charge in [-0.15, -0.1) is 0 Å². The van der Waals surface area contributed by atoms with Crippen molar-refractivity contribution >= 4 is 17.1 Å². The van der Waals surface area contributed by atoms with Gasteiger partial charge in [-0.25, -0.2) is 9.50 Å². The van der Waals surface area contributed by atoms with Crippen molar-refractivity contribution in [3.8, 4) is 29.1 Å². The van der Waals surface area contributed by atoms with E-state index >= 15 is 0 Å². The summed E-state index contributed by atoms with van der Waals surface area (Å²) in [6.07, 6.45) is 5.57. The number of anilines is 1. The minimum Gasteiger partial charge on any atom is -0.480 e. The first kappa shape index (κ1) is 16.6. The molecule has 4 heterocycles. The summed E-state index contributed by atoms with van der Waals surface area (Å²) in [7, 11) is 1.47. The molecule has 4 rings (SSSR count). The molecule has 0 spiro atoms. The standard InChI is InChI=1S/C19H14N6O2/c1-27-18-13(9-21)6-14(10-22-18)15-7-17-16(2-4-23-25(17)11-15)24-5-3-12(8-20)19(24)26/h2,4,6-7,10-12H,3,5H2,1H3. The average molecular weight is 358 g/mol. The molecule has 1 unspecified atom stereocenters. The van der Waals surface area contributed by atoms with Gasteiger partial charge in [-0.1, -0.05) is 0 Å². The van der Waals surface area contributed by atoms with Gasteiger partial charge in [0.25, 0.3) is 0 Å². The molecular formula is C19H14N6O2. The van der Waals surface area contributed by atoms with Crippen LogP contribution in [0.2, 0.25) is 0 Å². The van der Waals surface area contributed by atoms with E-state index < -0.39 is 5.92 Å². The third kappa shape index (κ3) is 2.64. The Morgan fingerprint density at radius 2 is 2.15 bits per heavy atom. The van der Waals surface area contributed by atoms with Crippen LogP contribution in [0.5, 0.6) is 5.88 Å². The van der Waals surface area contributed by atoms with Crippen LogP contribution in [-0.2, 0) is 4.79 Å². The smallest absolute Gasteiger partial charge is 0.244 e. The Morgan fingerprint density at radius 3 is 2.85 bits per heavy atom. The van der Waals surface area contributed by atoms with Crippen molar-refractivity contribution in [3.63, 3.8) is 0 Å². The van der Waals surface area contributed by atoms with Crippen LogP contribution >= 0.6 is 0 Å². The Kier molecular flexibility index (Phi) is 3.94. The third-order valence-corrected chi connectivity index (χ3v) is 4.64. The topological polar surface area (TPSA) is 107 Å². The number of amides is 1. The predicted molar refractivity (Wildman–Crippen MR) is 95.8 cm³/mol. The van der Waals surface area contributed by atoms with Crippen molar-refractivity contribution in [2.45, 2.75) is 6.42 Å². The van der Waals surface area contributed by atoms with Crippen molar-refractivity contribution in [1.29, 1.82) is 10.5 Å². The monoisotopic (exact) mass is 358 g/mol. The van der Waals surface area contributed by atoms with Crippen molar-refractivity contribution in [1.82, 2.24) is 14.6 Å². The number of ether oxygens (including phenoxy) is 1. The zero-order chi connectivity index (χ0) is 19.0. The van der Waals surface area contributed by atoms with Gasteiger partial charge in [-0.2, -0.15) is 15.6 Å². The summed E-state index contributed by atoms with van der Waals surface area (Å²) >= 11 is 0. The van der Waals surface area contributed by atoms with E-state index in [9.17, 15) is 10.1 Å². The Labute approximate surface area is 154 Å². The molecule has 1 atom stereocenters. The lowest BCUT2D eigenvalue weighted by Crippen LogP contribution is -2.27. The summed E-state index contributed by atoms with van der Waals surface area (Å²) in [5.74, 6) is -0.517. The molecule has 0 aliphatic carbocycles. The van der Waals surface area contributed by atoms with Crippen LogP contribution in [0, 0.1) is 28.6 Å². The molecule has 1 amide bonds. The molecule has 1 aliphatic rings.